The molecule has 1 unspecified atom stereocenters. The minimum Gasteiger partial charge on any atom is -0.493 e. The van der Waals surface area contributed by atoms with Gasteiger partial charge in [0.15, 0.2) is 11.5 Å². The van der Waals surface area contributed by atoms with Crippen LogP contribution in [0.1, 0.15) is 61.0 Å². The molecule has 0 amide bonds. The first-order valence-corrected chi connectivity index (χ1v) is 13.3. The van der Waals surface area contributed by atoms with Crippen molar-refractivity contribution in [2.45, 2.75) is 39.5 Å². The Morgan fingerprint density at radius 3 is 2.58 bits per heavy atom. The van der Waals surface area contributed by atoms with Crippen molar-refractivity contribution in [2.75, 3.05) is 20.3 Å². The third-order valence-electron chi connectivity index (χ3n) is 6.36. The minimum atomic E-state index is -0.553. The number of benzene rings is 3. The molecule has 0 aliphatic carbocycles. The van der Waals surface area contributed by atoms with E-state index in [2.05, 4.69) is 26.8 Å². The van der Waals surface area contributed by atoms with Gasteiger partial charge in [-0.3, -0.25) is 0 Å². The van der Waals surface area contributed by atoms with Crippen LogP contribution in [0.2, 0.25) is 0 Å². The molecular weight excluding hydrogens is 508 g/mol. The van der Waals surface area contributed by atoms with E-state index < -0.39 is 11.9 Å². The van der Waals surface area contributed by atoms with Crippen molar-refractivity contribution >= 4 is 5.97 Å². The lowest BCUT2D eigenvalue weighted by molar-refractivity contribution is 0.0730. The fourth-order valence-electron chi connectivity index (χ4n) is 4.33. The van der Waals surface area contributed by atoms with Crippen LogP contribution in [0.5, 0.6) is 28.7 Å². The first kappa shape index (κ1) is 28.4. The largest absolute Gasteiger partial charge is 0.493 e. The van der Waals surface area contributed by atoms with Crippen molar-refractivity contribution in [1.82, 2.24) is 0 Å². The highest BCUT2D eigenvalue weighted by Gasteiger charge is 2.32. The Labute approximate surface area is 234 Å². The Hall–Kier alpha value is -4.64. The summed E-state index contributed by atoms with van der Waals surface area (Å²) in [6.45, 7) is 7.26. The summed E-state index contributed by atoms with van der Waals surface area (Å²) in [7, 11) is 1.57. The standard InChI is InChI=1S/C32H34N2O6/c1-5-6-15-37-26-10-8-7-9-24(26)32(35)39-22-12-13-23-28(17-22)40-31(34)25(18-33)30(23)21-11-14-27(29(16-21)36-4)38-19-20(2)3/h7-14,16-17,20,30H,5-6,15,19,34H2,1-4H3. The van der Waals surface area contributed by atoms with E-state index in [0.717, 1.165) is 18.4 Å². The van der Waals surface area contributed by atoms with Crippen molar-refractivity contribution in [1.29, 1.82) is 5.26 Å². The van der Waals surface area contributed by atoms with Crippen LogP contribution in [0.25, 0.3) is 0 Å². The zero-order chi connectivity index (χ0) is 28.6. The van der Waals surface area contributed by atoms with Crippen LogP contribution in [-0.2, 0) is 0 Å². The predicted octanol–water partition coefficient (Wildman–Crippen LogP) is 6.35. The molecule has 208 valence electrons. The first-order valence-electron chi connectivity index (χ1n) is 13.3. The molecule has 0 aromatic heterocycles. The van der Waals surface area contributed by atoms with Gasteiger partial charge in [0.25, 0.3) is 0 Å². The van der Waals surface area contributed by atoms with Crippen LogP contribution in [-0.4, -0.2) is 26.3 Å². The van der Waals surface area contributed by atoms with Gasteiger partial charge in [-0.1, -0.05) is 51.5 Å². The van der Waals surface area contributed by atoms with Crippen LogP contribution in [0.4, 0.5) is 0 Å². The number of rotatable bonds is 11. The molecule has 1 aliphatic rings. The van der Waals surface area contributed by atoms with Crippen molar-refractivity contribution in [3.05, 3.63) is 88.8 Å². The van der Waals surface area contributed by atoms with Gasteiger partial charge in [-0.2, -0.15) is 5.26 Å². The van der Waals surface area contributed by atoms with E-state index in [0.29, 0.717) is 53.3 Å². The third kappa shape index (κ3) is 6.32. The van der Waals surface area contributed by atoms with Crippen LogP contribution >= 0.6 is 0 Å². The van der Waals surface area contributed by atoms with Crippen molar-refractivity contribution in [2.24, 2.45) is 11.7 Å². The summed E-state index contributed by atoms with van der Waals surface area (Å²) in [6.07, 6.45) is 1.86. The normalized spacial score (nSPS) is 14.2. The number of esters is 1. The predicted molar refractivity (Wildman–Crippen MR) is 151 cm³/mol. The Bertz CT molecular complexity index is 1440. The number of hydrogen-bond acceptors (Lipinski definition) is 8. The molecule has 0 spiro atoms. The number of carbonyl (C=O) groups excluding carboxylic acids is 1. The molecular formula is C32H34N2O6. The van der Waals surface area contributed by atoms with Crippen LogP contribution < -0.4 is 29.4 Å². The van der Waals surface area contributed by atoms with E-state index in [4.69, 9.17) is 29.4 Å². The maximum atomic E-state index is 13.0. The number of ether oxygens (including phenoxy) is 5. The second-order valence-electron chi connectivity index (χ2n) is 9.83. The topological polar surface area (TPSA) is 113 Å². The summed E-state index contributed by atoms with van der Waals surface area (Å²) >= 11 is 0. The summed E-state index contributed by atoms with van der Waals surface area (Å²) in [5.41, 5.74) is 8.27. The number of unbranched alkanes of at least 4 members (excludes halogenated alkanes) is 1. The molecule has 0 fully saturated rings. The van der Waals surface area contributed by atoms with E-state index in [1.807, 2.05) is 24.3 Å². The lowest BCUT2D eigenvalue weighted by Gasteiger charge is -2.27. The van der Waals surface area contributed by atoms with E-state index in [9.17, 15) is 10.1 Å². The van der Waals surface area contributed by atoms with Crippen molar-refractivity contribution in [3.8, 4) is 34.8 Å². The lowest BCUT2D eigenvalue weighted by atomic mass is 9.83. The fraction of sp³-hybridized carbons (Fsp3) is 0.312. The SMILES string of the molecule is CCCCOc1ccccc1C(=O)Oc1ccc2c(c1)OC(N)=C(C#N)C2c1ccc(OCC(C)C)c(OC)c1. The molecule has 3 aromatic carbocycles. The Kier molecular flexibility index (Phi) is 9.18. The highest BCUT2D eigenvalue weighted by molar-refractivity contribution is 5.94. The number of nitrogens with two attached hydrogens (primary N) is 1. The molecule has 40 heavy (non-hydrogen) atoms. The van der Waals surface area contributed by atoms with Gasteiger partial charge in [0.05, 0.1) is 26.2 Å². The summed E-state index contributed by atoms with van der Waals surface area (Å²) in [4.78, 5) is 13.0. The number of methoxy groups -OCH3 is 1. The molecule has 0 saturated carbocycles. The van der Waals surface area contributed by atoms with Gasteiger partial charge in [-0.15, -0.1) is 0 Å². The maximum Gasteiger partial charge on any atom is 0.347 e. The summed E-state index contributed by atoms with van der Waals surface area (Å²) in [5, 5.41) is 9.94. The monoisotopic (exact) mass is 542 g/mol. The zero-order valence-electron chi connectivity index (χ0n) is 23.2. The fourth-order valence-corrected chi connectivity index (χ4v) is 4.33. The highest BCUT2D eigenvalue weighted by Crippen LogP contribution is 2.45. The van der Waals surface area contributed by atoms with Crippen LogP contribution in [0.3, 0.4) is 0 Å². The van der Waals surface area contributed by atoms with Crippen molar-refractivity contribution in [3.63, 3.8) is 0 Å². The van der Waals surface area contributed by atoms with E-state index >= 15 is 0 Å². The van der Waals surface area contributed by atoms with Gasteiger partial charge in [0.1, 0.15) is 34.5 Å². The molecule has 0 saturated heterocycles. The van der Waals surface area contributed by atoms with Gasteiger partial charge >= 0.3 is 5.97 Å². The number of fused-ring (bicyclic) bond motifs is 1. The van der Waals surface area contributed by atoms with Gasteiger partial charge in [-0.25, -0.2) is 4.79 Å². The Morgan fingerprint density at radius 2 is 1.85 bits per heavy atom. The number of carbonyl (C=O) groups is 1. The molecule has 8 heteroatoms. The van der Waals surface area contributed by atoms with Crippen molar-refractivity contribution < 1.29 is 28.5 Å². The summed E-state index contributed by atoms with van der Waals surface area (Å²) in [5.74, 6) is 1.56. The Morgan fingerprint density at radius 1 is 1.05 bits per heavy atom. The average molecular weight is 543 g/mol. The van der Waals surface area contributed by atoms with E-state index in [1.54, 1.807) is 43.5 Å². The molecule has 2 N–H and O–H groups in total. The Balaban J connectivity index is 1.63. The summed E-state index contributed by atoms with van der Waals surface area (Å²) < 4.78 is 28.8. The molecule has 0 bridgehead atoms. The van der Waals surface area contributed by atoms with Gasteiger partial charge in [0, 0.05) is 11.6 Å². The van der Waals surface area contributed by atoms with E-state index in [-0.39, 0.29) is 17.2 Å². The summed E-state index contributed by atoms with van der Waals surface area (Å²) in [6, 6.07) is 19.7. The molecule has 0 radical (unpaired) electrons. The van der Waals surface area contributed by atoms with Crippen LogP contribution in [0, 0.1) is 17.2 Å². The minimum absolute atomic E-state index is 0.0164. The van der Waals surface area contributed by atoms with E-state index in [1.165, 1.54) is 0 Å². The van der Waals surface area contributed by atoms with Gasteiger partial charge < -0.3 is 29.4 Å². The average Bonchev–Trinajstić information content (AvgIpc) is 2.95. The number of allylic oxidation sites excluding steroid dienone is 1. The van der Waals surface area contributed by atoms with Gasteiger partial charge in [0.2, 0.25) is 5.88 Å². The second kappa shape index (κ2) is 12.9. The maximum absolute atomic E-state index is 13.0. The quantitative estimate of drug-likeness (QED) is 0.169. The number of nitrogens with zero attached hydrogens (tertiary/aromatic N) is 1. The highest BCUT2D eigenvalue weighted by atomic mass is 16.5. The first-order chi connectivity index (χ1) is 19.4. The number of para-hydroxylation sites is 1. The number of hydrogen-bond donors (Lipinski definition) is 1. The smallest absolute Gasteiger partial charge is 0.347 e. The molecule has 1 atom stereocenters. The molecule has 1 aliphatic heterocycles. The molecule has 4 rings (SSSR count). The van der Waals surface area contributed by atoms with Gasteiger partial charge in [-0.05, 0) is 48.2 Å². The van der Waals surface area contributed by atoms with Crippen LogP contribution in [0.15, 0.2) is 72.1 Å². The number of nitriles is 1. The molecule has 8 nitrogen and oxygen atoms in total. The zero-order valence-corrected chi connectivity index (χ0v) is 23.2. The third-order valence-corrected chi connectivity index (χ3v) is 6.36. The molecule has 1 heterocycles. The lowest BCUT2D eigenvalue weighted by Crippen LogP contribution is -2.21. The second-order valence-corrected chi connectivity index (χ2v) is 9.83. The molecule has 3 aromatic rings.